The average molecular weight is 284 g/mol. The van der Waals surface area contributed by atoms with Crippen LogP contribution in [0.1, 0.15) is 12.8 Å². The molecule has 0 aromatic rings. The molecule has 8 heteroatoms. The van der Waals surface area contributed by atoms with E-state index in [1.54, 1.807) is 16.7 Å². The number of amides is 4. The van der Waals surface area contributed by atoms with Crippen LogP contribution in [0.2, 0.25) is 0 Å². The number of carbonyl (C=O) groups is 3. The first-order chi connectivity index (χ1) is 9.11. The second-order valence-electron chi connectivity index (χ2n) is 5.09. The maximum Gasteiger partial charge on any atom is 0.322 e. The molecule has 3 rings (SSSR count). The zero-order valence-corrected chi connectivity index (χ0v) is 11.2. The number of hydrogen-bond donors (Lipinski definition) is 3. The minimum absolute atomic E-state index is 0.101. The number of carbonyl (C=O) groups excluding carboxylic acids is 3. The summed E-state index contributed by atoms with van der Waals surface area (Å²) in [6.07, 6.45) is 0.965. The van der Waals surface area contributed by atoms with Crippen molar-refractivity contribution >= 4 is 29.6 Å². The third kappa shape index (κ3) is 2.18. The van der Waals surface area contributed by atoms with Gasteiger partial charge in [-0.3, -0.25) is 20.2 Å². The number of likely N-dealkylation sites (tertiary alicyclic amines) is 1. The Bertz CT molecular complexity index is 428. The first-order valence-electron chi connectivity index (χ1n) is 6.34. The Morgan fingerprint density at radius 3 is 2.58 bits per heavy atom. The van der Waals surface area contributed by atoms with Gasteiger partial charge in [-0.25, -0.2) is 4.79 Å². The van der Waals surface area contributed by atoms with Crippen molar-refractivity contribution in [3.63, 3.8) is 0 Å². The number of piperidine rings is 1. The molecule has 7 nitrogen and oxygen atoms in total. The third-order valence-corrected chi connectivity index (χ3v) is 4.90. The quantitative estimate of drug-likeness (QED) is 0.529. The van der Waals surface area contributed by atoms with Gasteiger partial charge in [-0.05, 0) is 12.8 Å². The number of imide groups is 1. The predicted molar refractivity (Wildman–Crippen MR) is 69.5 cm³/mol. The SMILES string of the molecule is O=C1NC(=O)C2(CCN(C(=O)C3CSCN3)CC2)N1. The number of rotatable bonds is 1. The third-order valence-electron chi connectivity index (χ3n) is 3.96. The summed E-state index contributed by atoms with van der Waals surface area (Å²) in [7, 11) is 0. The predicted octanol–water partition coefficient (Wildman–Crippen LogP) is -1.15. The molecule has 1 unspecified atom stereocenters. The number of urea groups is 1. The van der Waals surface area contributed by atoms with Crippen molar-refractivity contribution in [2.75, 3.05) is 24.7 Å². The van der Waals surface area contributed by atoms with Crippen LogP contribution < -0.4 is 16.0 Å². The van der Waals surface area contributed by atoms with Crippen molar-refractivity contribution in [1.29, 1.82) is 0 Å². The number of nitrogens with zero attached hydrogens (tertiary/aromatic N) is 1. The highest BCUT2D eigenvalue weighted by atomic mass is 32.2. The van der Waals surface area contributed by atoms with Gasteiger partial charge in [0.15, 0.2) is 0 Å². The molecule has 0 radical (unpaired) electrons. The van der Waals surface area contributed by atoms with Crippen molar-refractivity contribution in [1.82, 2.24) is 20.9 Å². The highest BCUT2D eigenvalue weighted by Gasteiger charge is 2.48. The smallest absolute Gasteiger partial charge is 0.322 e. The number of nitrogens with one attached hydrogen (secondary N) is 3. The fourth-order valence-corrected chi connectivity index (χ4v) is 3.70. The van der Waals surface area contributed by atoms with Crippen molar-refractivity contribution in [2.24, 2.45) is 0 Å². The van der Waals surface area contributed by atoms with Crippen molar-refractivity contribution < 1.29 is 14.4 Å². The van der Waals surface area contributed by atoms with E-state index in [1.165, 1.54) is 0 Å². The lowest BCUT2D eigenvalue weighted by molar-refractivity contribution is -0.136. The molecule has 3 N–H and O–H groups in total. The van der Waals surface area contributed by atoms with Crippen LogP contribution in [-0.4, -0.2) is 59.0 Å². The Morgan fingerprint density at radius 1 is 1.32 bits per heavy atom. The van der Waals surface area contributed by atoms with E-state index in [0.29, 0.717) is 25.9 Å². The van der Waals surface area contributed by atoms with Gasteiger partial charge in [0.05, 0.1) is 6.04 Å². The highest BCUT2D eigenvalue weighted by Crippen LogP contribution is 2.26. The van der Waals surface area contributed by atoms with Gasteiger partial charge in [-0.15, -0.1) is 11.8 Å². The van der Waals surface area contributed by atoms with Crippen LogP contribution in [0.5, 0.6) is 0 Å². The van der Waals surface area contributed by atoms with Crippen molar-refractivity contribution in [3.8, 4) is 0 Å². The van der Waals surface area contributed by atoms with Crippen LogP contribution in [0.15, 0.2) is 0 Å². The maximum absolute atomic E-state index is 12.2. The minimum Gasteiger partial charge on any atom is -0.341 e. The summed E-state index contributed by atoms with van der Waals surface area (Å²) in [4.78, 5) is 37.0. The zero-order chi connectivity index (χ0) is 13.5. The van der Waals surface area contributed by atoms with Crippen LogP contribution in [-0.2, 0) is 9.59 Å². The highest BCUT2D eigenvalue weighted by molar-refractivity contribution is 7.99. The molecule has 0 bridgehead atoms. The Labute approximate surface area is 114 Å². The molecule has 4 amide bonds. The van der Waals surface area contributed by atoms with E-state index in [0.717, 1.165) is 11.6 Å². The van der Waals surface area contributed by atoms with E-state index in [9.17, 15) is 14.4 Å². The van der Waals surface area contributed by atoms with E-state index in [4.69, 9.17) is 0 Å². The van der Waals surface area contributed by atoms with Crippen molar-refractivity contribution in [2.45, 2.75) is 24.4 Å². The van der Waals surface area contributed by atoms with Gasteiger partial charge >= 0.3 is 6.03 Å². The Morgan fingerprint density at radius 2 is 2.05 bits per heavy atom. The summed E-state index contributed by atoms with van der Waals surface area (Å²) >= 11 is 1.71. The Hall–Kier alpha value is -1.28. The molecule has 3 aliphatic heterocycles. The molecule has 0 saturated carbocycles. The minimum atomic E-state index is -0.800. The molecule has 3 aliphatic rings. The van der Waals surface area contributed by atoms with E-state index in [1.807, 2.05) is 0 Å². The average Bonchev–Trinajstić information content (AvgIpc) is 2.99. The maximum atomic E-state index is 12.2. The summed E-state index contributed by atoms with van der Waals surface area (Å²) in [5, 5.41) is 8.11. The largest absolute Gasteiger partial charge is 0.341 e. The summed E-state index contributed by atoms with van der Waals surface area (Å²) < 4.78 is 0. The van der Waals surface area contributed by atoms with Gasteiger partial charge < -0.3 is 10.2 Å². The monoisotopic (exact) mass is 284 g/mol. The molecule has 3 saturated heterocycles. The van der Waals surface area contributed by atoms with Gasteiger partial charge in [-0.2, -0.15) is 0 Å². The first-order valence-corrected chi connectivity index (χ1v) is 7.50. The van der Waals surface area contributed by atoms with Crippen LogP contribution >= 0.6 is 11.8 Å². The van der Waals surface area contributed by atoms with Crippen molar-refractivity contribution in [3.05, 3.63) is 0 Å². The van der Waals surface area contributed by atoms with Gasteiger partial charge in [0.25, 0.3) is 5.91 Å². The molecular formula is C11H16N4O3S. The molecule has 1 spiro atoms. The van der Waals surface area contributed by atoms with Crippen LogP contribution in [0.25, 0.3) is 0 Å². The molecule has 3 fully saturated rings. The second-order valence-corrected chi connectivity index (χ2v) is 6.12. The topological polar surface area (TPSA) is 90.5 Å². The van der Waals surface area contributed by atoms with E-state index in [-0.39, 0.29) is 17.9 Å². The number of hydrogen-bond acceptors (Lipinski definition) is 5. The molecule has 3 heterocycles. The lowest BCUT2D eigenvalue weighted by Crippen LogP contribution is -2.57. The van der Waals surface area contributed by atoms with Crippen LogP contribution in [0, 0.1) is 0 Å². The fourth-order valence-electron chi connectivity index (χ4n) is 2.76. The standard InChI is InChI=1S/C11H16N4O3S/c16-8(7-5-19-6-12-7)15-3-1-11(2-4-15)9(17)13-10(18)14-11/h7,12H,1-6H2,(H2,13,14,17,18). The normalized spacial score (nSPS) is 29.5. The second kappa shape index (κ2) is 4.68. The molecule has 19 heavy (non-hydrogen) atoms. The molecule has 0 aromatic carbocycles. The Kier molecular flexibility index (Phi) is 3.14. The van der Waals surface area contributed by atoms with E-state index < -0.39 is 11.6 Å². The Balaban J connectivity index is 1.61. The van der Waals surface area contributed by atoms with Crippen LogP contribution in [0.4, 0.5) is 4.79 Å². The number of thioether (sulfide) groups is 1. The van der Waals surface area contributed by atoms with Gasteiger partial charge in [-0.1, -0.05) is 0 Å². The fraction of sp³-hybridized carbons (Fsp3) is 0.727. The molecule has 1 atom stereocenters. The molecule has 0 aliphatic carbocycles. The zero-order valence-electron chi connectivity index (χ0n) is 10.4. The molecular weight excluding hydrogens is 268 g/mol. The van der Waals surface area contributed by atoms with Gasteiger partial charge in [0, 0.05) is 24.7 Å². The summed E-state index contributed by atoms with van der Waals surface area (Å²) in [6.45, 7) is 1.02. The lowest BCUT2D eigenvalue weighted by Gasteiger charge is -2.37. The molecule has 0 aromatic heterocycles. The van der Waals surface area contributed by atoms with E-state index >= 15 is 0 Å². The summed E-state index contributed by atoms with van der Waals surface area (Å²) in [6, 6.07) is -0.537. The summed E-state index contributed by atoms with van der Waals surface area (Å²) in [5.74, 6) is 1.45. The van der Waals surface area contributed by atoms with Gasteiger partial charge in [0.1, 0.15) is 5.54 Å². The van der Waals surface area contributed by atoms with E-state index in [2.05, 4.69) is 16.0 Å². The summed E-state index contributed by atoms with van der Waals surface area (Å²) in [5.41, 5.74) is -0.800. The first kappa shape index (κ1) is 12.7. The lowest BCUT2D eigenvalue weighted by atomic mass is 9.87. The van der Waals surface area contributed by atoms with Crippen LogP contribution in [0.3, 0.4) is 0 Å². The van der Waals surface area contributed by atoms with Gasteiger partial charge in [0.2, 0.25) is 5.91 Å². The molecule has 104 valence electrons.